The van der Waals surface area contributed by atoms with Gasteiger partial charge < -0.3 is 10.1 Å². The molecule has 1 aromatic carbocycles. The fourth-order valence-corrected chi connectivity index (χ4v) is 1.60. The number of nitrogens with one attached hydrogen (secondary N) is 1. The molecule has 0 saturated heterocycles. The van der Waals surface area contributed by atoms with Gasteiger partial charge in [-0.1, -0.05) is 13.8 Å². The summed E-state index contributed by atoms with van der Waals surface area (Å²) in [6, 6.07) is 3.65. The number of ketones is 1. The summed E-state index contributed by atoms with van der Waals surface area (Å²) < 4.78 is 18.3. The van der Waals surface area contributed by atoms with E-state index in [1.54, 1.807) is 0 Å². The van der Waals surface area contributed by atoms with Crippen molar-refractivity contribution in [3.05, 3.63) is 29.6 Å². The number of benzene rings is 1. The maximum atomic E-state index is 13.1. The lowest BCUT2D eigenvalue weighted by Gasteiger charge is -2.11. The van der Waals surface area contributed by atoms with Gasteiger partial charge in [0.15, 0.2) is 12.4 Å². The Kier molecular flexibility index (Phi) is 6.15. The second-order valence-electron chi connectivity index (χ2n) is 5.02. The molecule has 0 unspecified atom stereocenters. The van der Waals surface area contributed by atoms with Crippen molar-refractivity contribution < 1.29 is 18.7 Å². The predicted octanol–water partition coefficient (Wildman–Crippen LogP) is 2.57. The monoisotopic (exact) mass is 281 g/mol. The molecule has 5 heteroatoms. The van der Waals surface area contributed by atoms with E-state index >= 15 is 0 Å². The molecule has 0 aliphatic rings. The van der Waals surface area contributed by atoms with Gasteiger partial charge in [0.05, 0.1) is 5.56 Å². The average molecular weight is 281 g/mol. The Morgan fingerprint density at radius 1 is 1.35 bits per heavy atom. The van der Waals surface area contributed by atoms with Crippen LogP contribution in [0.5, 0.6) is 5.75 Å². The molecule has 0 radical (unpaired) electrons. The Morgan fingerprint density at radius 2 is 2.05 bits per heavy atom. The number of rotatable bonds is 7. The molecule has 110 valence electrons. The maximum Gasteiger partial charge on any atom is 0.257 e. The number of hydrogen-bond acceptors (Lipinski definition) is 3. The van der Waals surface area contributed by atoms with Crippen molar-refractivity contribution in [3.63, 3.8) is 0 Å². The Labute approximate surface area is 118 Å². The summed E-state index contributed by atoms with van der Waals surface area (Å²) in [6.07, 6.45) is 0.890. The van der Waals surface area contributed by atoms with E-state index in [-0.39, 0.29) is 29.6 Å². The standard InChI is InChI=1S/C15H20FNO3/c1-10(2)6-7-17-15(19)9-20-14-5-4-12(16)8-13(14)11(3)18/h4-5,8,10H,6-7,9H2,1-3H3,(H,17,19). The molecule has 0 aliphatic carbocycles. The van der Waals surface area contributed by atoms with Gasteiger partial charge in [0.1, 0.15) is 11.6 Å². The van der Waals surface area contributed by atoms with E-state index in [9.17, 15) is 14.0 Å². The molecule has 0 aromatic heterocycles. The summed E-state index contributed by atoms with van der Waals surface area (Å²) in [4.78, 5) is 22.9. The lowest BCUT2D eigenvalue weighted by molar-refractivity contribution is -0.123. The first-order valence-corrected chi connectivity index (χ1v) is 6.60. The van der Waals surface area contributed by atoms with E-state index in [0.29, 0.717) is 12.5 Å². The fraction of sp³-hybridized carbons (Fsp3) is 0.467. The van der Waals surface area contributed by atoms with Crippen molar-refractivity contribution in [3.8, 4) is 5.75 Å². The summed E-state index contributed by atoms with van der Waals surface area (Å²) in [6.45, 7) is 5.86. The van der Waals surface area contributed by atoms with Gasteiger partial charge >= 0.3 is 0 Å². The molecule has 0 aliphatic heterocycles. The van der Waals surface area contributed by atoms with Crippen LogP contribution in [0.25, 0.3) is 0 Å². The van der Waals surface area contributed by atoms with Gasteiger partial charge in [-0.25, -0.2) is 4.39 Å². The van der Waals surface area contributed by atoms with E-state index in [4.69, 9.17) is 4.74 Å². The van der Waals surface area contributed by atoms with Crippen molar-refractivity contribution in [2.45, 2.75) is 27.2 Å². The van der Waals surface area contributed by atoms with Crippen LogP contribution >= 0.6 is 0 Å². The third kappa shape index (κ3) is 5.38. The molecule has 1 aromatic rings. The molecule has 1 N–H and O–H groups in total. The number of ether oxygens (including phenoxy) is 1. The minimum absolute atomic E-state index is 0.139. The molecule has 1 rings (SSSR count). The van der Waals surface area contributed by atoms with Crippen LogP contribution in [-0.2, 0) is 4.79 Å². The van der Waals surface area contributed by atoms with Crippen molar-refractivity contribution in [1.29, 1.82) is 0 Å². The Hall–Kier alpha value is -1.91. The van der Waals surface area contributed by atoms with Crippen LogP contribution in [-0.4, -0.2) is 24.8 Å². The van der Waals surface area contributed by atoms with Crippen molar-refractivity contribution >= 4 is 11.7 Å². The van der Waals surface area contributed by atoms with Crippen molar-refractivity contribution in [1.82, 2.24) is 5.32 Å². The van der Waals surface area contributed by atoms with Gasteiger partial charge in [-0.05, 0) is 37.5 Å². The smallest absolute Gasteiger partial charge is 0.257 e. The Balaban J connectivity index is 2.53. The largest absolute Gasteiger partial charge is 0.483 e. The zero-order chi connectivity index (χ0) is 15.1. The van der Waals surface area contributed by atoms with Gasteiger partial charge in [-0.2, -0.15) is 0 Å². The van der Waals surface area contributed by atoms with Gasteiger partial charge in [0, 0.05) is 6.54 Å². The van der Waals surface area contributed by atoms with Gasteiger partial charge in [-0.3, -0.25) is 9.59 Å². The summed E-state index contributed by atoms with van der Waals surface area (Å²) in [7, 11) is 0. The zero-order valence-corrected chi connectivity index (χ0v) is 12.0. The summed E-state index contributed by atoms with van der Waals surface area (Å²) in [5.74, 6) is -0.344. The third-order valence-electron chi connectivity index (χ3n) is 2.72. The van der Waals surface area contributed by atoms with Crippen LogP contribution in [0.2, 0.25) is 0 Å². The lowest BCUT2D eigenvalue weighted by atomic mass is 10.1. The van der Waals surface area contributed by atoms with Crippen LogP contribution in [0.4, 0.5) is 4.39 Å². The second kappa shape index (κ2) is 7.62. The zero-order valence-electron chi connectivity index (χ0n) is 12.0. The quantitative estimate of drug-likeness (QED) is 0.781. The van der Waals surface area contributed by atoms with Crippen LogP contribution in [0.1, 0.15) is 37.6 Å². The van der Waals surface area contributed by atoms with E-state index in [0.717, 1.165) is 12.5 Å². The molecule has 4 nitrogen and oxygen atoms in total. The average Bonchev–Trinajstić information content (AvgIpc) is 2.36. The number of Topliss-reactive ketones (excluding diaryl/α,β-unsaturated/α-hetero) is 1. The SMILES string of the molecule is CC(=O)c1cc(F)ccc1OCC(=O)NCCC(C)C. The number of halogens is 1. The van der Waals surface area contributed by atoms with E-state index in [1.165, 1.54) is 19.1 Å². The highest BCUT2D eigenvalue weighted by Crippen LogP contribution is 2.20. The normalized spacial score (nSPS) is 10.4. The third-order valence-corrected chi connectivity index (χ3v) is 2.72. The summed E-state index contributed by atoms with van der Waals surface area (Å²) in [5.41, 5.74) is 0.139. The molecular formula is C15H20FNO3. The van der Waals surface area contributed by atoms with Crippen LogP contribution in [0.15, 0.2) is 18.2 Å². The highest BCUT2D eigenvalue weighted by molar-refractivity contribution is 5.96. The van der Waals surface area contributed by atoms with E-state index in [2.05, 4.69) is 19.2 Å². The molecule has 0 atom stereocenters. The molecule has 0 saturated carbocycles. The summed E-state index contributed by atoms with van der Waals surface area (Å²) >= 11 is 0. The molecular weight excluding hydrogens is 261 g/mol. The first-order chi connectivity index (χ1) is 9.40. The van der Waals surface area contributed by atoms with Crippen LogP contribution in [0, 0.1) is 11.7 Å². The van der Waals surface area contributed by atoms with Crippen LogP contribution in [0.3, 0.4) is 0 Å². The molecule has 0 fully saturated rings. The number of carbonyl (C=O) groups excluding carboxylic acids is 2. The first kappa shape index (κ1) is 16.1. The molecule has 20 heavy (non-hydrogen) atoms. The minimum atomic E-state index is -0.510. The highest BCUT2D eigenvalue weighted by atomic mass is 19.1. The highest BCUT2D eigenvalue weighted by Gasteiger charge is 2.11. The van der Waals surface area contributed by atoms with Crippen molar-refractivity contribution in [2.24, 2.45) is 5.92 Å². The number of carbonyl (C=O) groups is 2. The Morgan fingerprint density at radius 3 is 2.65 bits per heavy atom. The van der Waals surface area contributed by atoms with Gasteiger partial charge in [-0.15, -0.1) is 0 Å². The fourth-order valence-electron chi connectivity index (χ4n) is 1.60. The van der Waals surface area contributed by atoms with E-state index < -0.39 is 5.82 Å². The first-order valence-electron chi connectivity index (χ1n) is 6.60. The number of amides is 1. The van der Waals surface area contributed by atoms with Gasteiger partial charge in [0.25, 0.3) is 5.91 Å². The Bertz CT molecular complexity index is 486. The molecule has 0 spiro atoms. The summed E-state index contributed by atoms with van der Waals surface area (Å²) in [5, 5.41) is 2.72. The lowest BCUT2D eigenvalue weighted by Crippen LogP contribution is -2.30. The molecule has 0 heterocycles. The topological polar surface area (TPSA) is 55.4 Å². The van der Waals surface area contributed by atoms with E-state index in [1.807, 2.05) is 0 Å². The number of hydrogen-bond donors (Lipinski definition) is 1. The maximum absolute atomic E-state index is 13.1. The minimum Gasteiger partial charge on any atom is -0.483 e. The van der Waals surface area contributed by atoms with Gasteiger partial charge in [0.2, 0.25) is 0 Å². The van der Waals surface area contributed by atoms with Crippen LogP contribution < -0.4 is 10.1 Å². The second-order valence-corrected chi connectivity index (χ2v) is 5.02. The van der Waals surface area contributed by atoms with Crippen molar-refractivity contribution in [2.75, 3.05) is 13.2 Å². The molecule has 1 amide bonds. The molecule has 0 bridgehead atoms. The predicted molar refractivity (Wildman–Crippen MR) is 74.4 cm³/mol.